The van der Waals surface area contributed by atoms with Crippen LogP contribution in [0.1, 0.15) is 28.5 Å². The van der Waals surface area contributed by atoms with E-state index in [0.29, 0.717) is 11.6 Å². The Hall–Kier alpha value is -2.00. The number of aryl methyl sites for hydroxylation is 1. The highest BCUT2D eigenvalue weighted by molar-refractivity contribution is 7.11. The van der Waals surface area contributed by atoms with Crippen molar-refractivity contribution in [3.05, 3.63) is 34.0 Å². The average Bonchev–Trinajstić information content (AvgIpc) is 2.76. The van der Waals surface area contributed by atoms with E-state index in [1.807, 2.05) is 26.1 Å². The molecule has 6 heteroatoms. The van der Waals surface area contributed by atoms with Gasteiger partial charge in [-0.1, -0.05) is 0 Å². The third-order valence-electron chi connectivity index (χ3n) is 2.13. The highest BCUT2D eigenvalue weighted by atomic mass is 32.1. The van der Waals surface area contributed by atoms with Crippen LogP contribution in [-0.4, -0.2) is 15.0 Å². The molecule has 0 radical (unpaired) electrons. The molecule has 0 bridgehead atoms. The van der Waals surface area contributed by atoms with Crippen molar-refractivity contribution in [3.8, 4) is 6.07 Å². The Morgan fingerprint density at radius 3 is 2.94 bits per heavy atom. The van der Waals surface area contributed by atoms with E-state index in [0.717, 1.165) is 5.01 Å². The fraction of sp³-hybridized carbons (Fsp3) is 0.273. The Morgan fingerprint density at radius 1 is 1.47 bits per heavy atom. The van der Waals surface area contributed by atoms with E-state index in [2.05, 4.69) is 20.3 Å². The summed E-state index contributed by atoms with van der Waals surface area (Å²) in [6, 6.07) is 3.58. The summed E-state index contributed by atoms with van der Waals surface area (Å²) in [4.78, 5) is 13.6. The van der Waals surface area contributed by atoms with Crippen molar-refractivity contribution in [2.45, 2.75) is 19.9 Å². The monoisotopic (exact) mass is 245 g/mol. The zero-order valence-corrected chi connectivity index (χ0v) is 10.3. The van der Waals surface area contributed by atoms with Gasteiger partial charge in [-0.05, 0) is 19.9 Å². The molecule has 5 nitrogen and oxygen atoms in total. The summed E-state index contributed by atoms with van der Waals surface area (Å²) in [5.41, 5.74) is 0.352. The SMILES string of the molecule is Cc1cnc(C(C)Nc2nccc(C#N)n2)s1. The second kappa shape index (κ2) is 4.89. The quantitative estimate of drug-likeness (QED) is 0.898. The number of rotatable bonds is 3. The maximum Gasteiger partial charge on any atom is 0.224 e. The van der Waals surface area contributed by atoms with E-state index in [-0.39, 0.29) is 6.04 Å². The molecule has 17 heavy (non-hydrogen) atoms. The number of hydrogen-bond donors (Lipinski definition) is 1. The number of thiazole rings is 1. The molecule has 1 N–H and O–H groups in total. The van der Waals surface area contributed by atoms with Crippen LogP contribution < -0.4 is 5.32 Å². The fourth-order valence-corrected chi connectivity index (χ4v) is 2.09. The largest absolute Gasteiger partial charge is 0.345 e. The third kappa shape index (κ3) is 2.77. The Morgan fingerprint density at radius 2 is 2.29 bits per heavy atom. The van der Waals surface area contributed by atoms with Gasteiger partial charge in [0.25, 0.3) is 0 Å². The molecule has 2 aromatic rings. The van der Waals surface area contributed by atoms with Gasteiger partial charge in [-0.3, -0.25) is 0 Å². The fourth-order valence-electron chi connectivity index (χ4n) is 1.32. The van der Waals surface area contributed by atoms with Gasteiger partial charge in [0.1, 0.15) is 16.8 Å². The Bertz CT molecular complexity index is 557. The summed E-state index contributed by atoms with van der Waals surface area (Å²) in [5, 5.41) is 12.8. The van der Waals surface area contributed by atoms with Gasteiger partial charge in [-0.2, -0.15) is 5.26 Å². The molecule has 0 aromatic carbocycles. The van der Waals surface area contributed by atoms with Crippen LogP contribution in [0.3, 0.4) is 0 Å². The lowest BCUT2D eigenvalue weighted by Gasteiger charge is -2.10. The predicted octanol–water partition coefficient (Wildman–Crippen LogP) is 2.29. The van der Waals surface area contributed by atoms with Crippen LogP contribution in [0.25, 0.3) is 0 Å². The second-order valence-electron chi connectivity index (χ2n) is 3.55. The summed E-state index contributed by atoms with van der Waals surface area (Å²) in [7, 11) is 0. The maximum absolute atomic E-state index is 8.74. The van der Waals surface area contributed by atoms with Crippen LogP contribution in [0.4, 0.5) is 5.95 Å². The van der Waals surface area contributed by atoms with Gasteiger partial charge >= 0.3 is 0 Å². The third-order valence-corrected chi connectivity index (χ3v) is 3.22. The zero-order chi connectivity index (χ0) is 12.3. The minimum Gasteiger partial charge on any atom is -0.345 e. The standard InChI is InChI=1S/C11H11N5S/c1-7-6-14-10(17-7)8(2)15-11-13-4-3-9(5-12)16-11/h3-4,6,8H,1-2H3,(H,13,15,16). The van der Waals surface area contributed by atoms with Crippen molar-refractivity contribution in [1.82, 2.24) is 15.0 Å². The molecule has 86 valence electrons. The molecule has 0 spiro atoms. The molecule has 0 saturated carbocycles. The average molecular weight is 245 g/mol. The number of nitriles is 1. The molecular weight excluding hydrogens is 234 g/mol. The van der Waals surface area contributed by atoms with Crippen molar-refractivity contribution in [1.29, 1.82) is 5.26 Å². The summed E-state index contributed by atoms with van der Waals surface area (Å²) < 4.78 is 0. The number of nitrogens with zero attached hydrogens (tertiary/aromatic N) is 4. The normalized spacial score (nSPS) is 11.8. The number of hydrogen-bond acceptors (Lipinski definition) is 6. The van der Waals surface area contributed by atoms with Gasteiger partial charge in [0.2, 0.25) is 5.95 Å². The number of anilines is 1. The first-order valence-corrected chi connectivity index (χ1v) is 5.92. The molecular formula is C11H11N5S. The lowest BCUT2D eigenvalue weighted by molar-refractivity contribution is 0.847. The second-order valence-corrected chi connectivity index (χ2v) is 4.82. The Kier molecular flexibility index (Phi) is 3.30. The molecule has 0 saturated heterocycles. The molecule has 0 amide bonds. The van der Waals surface area contributed by atoms with Crippen molar-refractivity contribution >= 4 is 17.3 Å². The van der Waals surface area contributed by atoms with E-state index in [4.69, 9.17) is 5.26 Å². The van der Waals surface area contributed by atoms with E-state index < -0.39 is 0 Å². The molecule has 0 aliphatic rings. The minimum atomic E-state index is 0.0302. The van der Waals surface area contributed by atoms with E-state index in [1.165, 1.54) is 4.88 Å². The predicted molar refractivity (Wildman–Crippen MR) is 65.6 cm³/mol. The first-order valence-electron chi connectivity index (χ1n) is 5.11. The van der Waals surface area contributed by atoms with Crippen LogP contribution in [0.15, 0.2) is 18.5 Å². The van der Waals surface area contributed by atoms with Gasteiger partial charge in [0.15, 0.2) is 0 Å². The Balaban J connectivity index is 2.13. The topological polar surface area (TPSA) is 74.5 Å². The molecule has 2 heterocycles. The highest BCUT2D eigenvalue weighted by Crippen LogP contribution is 2.21. The zero-order valence-electron chi connectivity index (χ0n) is 9.51. The van der Waals surface area contributed by atoms with Crippen molar-refractivity contribution in [2.24, 2.45) is 0 Å². The van der Waals surface area contributed by atoms with Gasteiger partial charge in [-0.25, -0.2) is 15.0 Å². The molecule has 2 aromatic heterocycles. The van der Waals surface area contributed by atoms with Gasteiger partial charge < -0.3 is 5.32 Å². The minimum absolute atomic E-state index is 0.0302. The molecule has 1 unspecified atom stereocenters. The molecule has 2 rings (SSSR count). The van der Waals surface area contributed by atoms with Gasteiger partial charge in [0, 0.05) is 17.3 Å². The van der Waals surface area contributed by atoms with E-state index in [1.54, 1.807) is 23.6 Å². The highest BCUT2D eigenvalue weighted by Gasteiger charge is 2.10. The summed E-state index contributed by atoms with van der Waals surface area (Å²) in [6.45, 7) is 4.00. The van der Waals surface area contributed by atoms with Crippen LogP contribution >= 0.6 is 11.3 Å². The van der Waals surface area contributed by atoms with Crippen molar-refractivity contribution in [2.75, 3.05) is 5.32 Å². The Labute approximate surface area is 103 Å². The van der Waals surface area contributed by atoms with E-state index in [9.17, 15) is 0 Å². The molecule has 0 aliphatic heterocycles. The van der Waals surface area contributed by atoms with Crippen LogP contribution in [-0.2, 0) is 0 Å². The lowest BCUT2D eigenvalue weighted by atomic mass is 10.3. The van der Waals surface area contributed by atoms with Crippen LogP contribution in [0.5, 0.6) is 0 Å². The van der Waals surface area contributed by atoms with Gasteiger partial charge in [-0.15, -0.1) is 11.3 Å². The smallest absolute Gasteiger partial charge is 0.224 e. The van der Waals surface area contributed by atoms with Crippen LogP contribution in [0.2, 0.25) is 0 Å². The van der Waals surface area contributed by atoms with Gasteiger partial charge in [0.05, 0.1) is 6.04 Å². The van der Waals surface area contributed by atoms with E-state index >= 15 is 0 Å². The van der Waals surface area contributed by atoms with Crippen molar-refractivity contribution < 1.29 is 0 Å². The lowest BCUT2D eigenvalue weighted by Crippen LogP contribution is -2.09. The summed E-state index contributed by atoms with van der Waals surface area (Å²) >= 11 is 1.63. The summed E-state index contributed by atoms with van der Waals surface area (Å²) in [5.74, 6) is 0.449. The number of nitrogens with one attached hydrogen (secondary N) is 1. The molecule has 1 atom stereocenters. The molecule has 0 fully saturated rings. The first kappa shape index (κ1) is 11.5. The summed E-state index contributed by atoms with van der Waals surface area (Å²) in [6.07, 6.45) is 3.40. The molecule has 0 aliphatic carbocycles. The number of aromatic nitrogens is 3. The first-order chi connectivity index (χ1) is 8.19. The van der Waals surface area contributed by atoms with Crippen LogP contribution in [0, 0.1) is 18.3 Å². The van der Waals surface area contributed by atoms with Crippen molar-refractivity contribution in [3.63, 3.8) is 0 Å². The maximum atomic E-state index is 8.74.